The summed E-state index contributed by atoms with van der Waals surface area (Å²) < 4.78 is 21.8. The van der Waals surface area contributed by atoms with Crippen LogP contribution >= 0.6 is 0 Å². The lowest BCUT2D eigenvalue weighted by molar-refractivity contribution is 0.296. The van der Waals surface area contributed by atoms with E-state index >= 15 is 0 Å². The first-order valence-corrected chi connectivity index (χ1v) is 10.1. The molecule has 0 aliphatic rings. The van der Waals surface area contributed by atoms with Crippen LogP contribution in [0.2, 0.25) is 0 Å². The first kappa shape index (κ1) is 24.1. The Balaban J connectivity index is 2.12. The quantitative estimate of drug-likeness (QED) is 0.442. The Morgan fingerprint density at radius 2 is 1.58 bits per heavy atom. The number of hydrogen-bond donors (Lipinski definition) is 2. The van der Waals surface area contributed by atoms with E-state index < -0.39 is 0 Å². The lowest BCUT2D eigenvalue weighted by Gasteiger charge is -2.26. The summed E-state index contributed by atoms with van der Waals surface area (Å²) in [6.07, 6.45) is 0. The Hall–Kier alpha value is -3.13. The smallest absolute Gasteiger partial charge is 0.195 e. The monoisotopic (exact) mass is 430 g/mol. The molecule has 8 heteroatoms. The fourth-order valence-electron chi connectivity index (χ4n) is 3.19. The number of rotatable bonds is 10. The Bertz CT molecular complexity index is 871. The lowest BCUT2D eigenvalue weighted by Crippen LogP contribution is -2.38. The molecule has 0 bridgehead atoms. The van der Waals surface area contributed by atoms with Crippen molar-refractivity contribution in [3.8, 4) is 23.0 Å². The number of hydrogen-bond acceptors (Lipinski definition) is 6. The first-order chi connectivity index (χ1) is 15.0. The van der Waals surface area contributed by atoms with Crippen molar-refractivity contribution < 1.29 is 18.9 Å². The number of nitrogens with one attached hydrogen (secondary N) is 2. The van der Waals surface area contributed by atoms with Gasteiger partial charge in [-0.05, 0) is 50.8 Å². The standard InChI is InChI=1S/C23H34N4O4/c1-8-31-20-12-10-17(14-22(20)30-7)26-23(24-2)25-15-18(27(3)4)16-9-11-19(28-5)21(13-16)29-6/h9-14,18H,8,15H2,1-7H3,(H2,24,25,26). The molecule has 2 N–H and O–H groups in total. The highest BCUT2D eigenvalue weighted by Crippen LogP contribution is 2.32. The second-order valence-electron chi connectivity index (χ2n) is 6.97. The van der Waals surface area contributed by atoms with Gasteiger partial charge in [0.25, 0.3) is 0 Å². The zero-order valence-corrected chi connectivity index (χ0v) is 19.5. The van der Waals surface area contributed by atoms with Gasteiger partial charge in [-0.1, -0.05) is 6.07 Å². The van der Waals surface area contributed by atoms with E-state index in [9.17, 15) is 0 Å². The van der Waals surface area contributed by atoms with E-state index in [1.165, 1.54) is 0 Å². The molecule has 0 aromatic heterocycles. The van der Waals surface area contributed by atoms with E-state index in [2.05, 4.69) is 20.5 Å². The van der Waals surface area contributed by atoms with Crippen LogP contribution in [0, 0.1) is 0 Å². The summed E-state index contributed by atoms with van der Waals surface area (Å²) in [5.74, 6) is 3.44. The van der Waals surface area contributed by atoms with Crippen LogP contribution in [0.25, 0.3) is 0 Å². The average molecular weight is 431 g/mol. The van der Waals surface area contributed by atoms with E-state index in [1.807, 2.05) is 57.4 Å². The highest BCUT2D eigenvalue weighted by atomic mass is 16.5. The summed E-state index contributed by atoms with van der Waals surface area (Å²) in [4.78, 5) is 6.48. The van der Waals surface area contributed by atoms with Crippen LogP contribution in [0.4, 0.5) is 5.69 Å². The Kier molecular flexibility index (Phi) is 9.27. The van der Waals surface area contributed by atoms with Crippen molar-refractivity contribution in [3.63, 3.8) is 0 Å². The van der Waals surface area contributed by atoms with Crippen molar-refractivity contribution in [2.75, 3.05) is 60.9 Å². The molecule has 0 spiro atoms. The third-order valence-electron chi connectivity index (χ3n) is 4.83. The highest BCUT2D eigenvalue weighted by molar-refractivity contribution is 5.93. The minimum absolute atomic E-state index is 0.0909. The van der Waals surface area contributed by atoms with Crippen molar-refractivity contribution >= 4 is 11.6 Å². The zero-order valence-electron chi connectivity index (χ0n) is 19.5. The molecule has 0 saturated heterocycles. The number of methoxy groups -OCH3 is 3. The molecule has 0 amide bonds. The maximum Gasteiger partial charge on any atom is 0.195 e. The van der Waals surface area contributed by atoms with Gasteiger partial charge in [0.2, 0.25) is 0 Å². The molecule has 2 aromatic rings. The van der Waals surface area contributed by atoms with Gasteiger partial charge >= 0.3 is 0 Å². The van der Waals surface area contributed by atoms with Gasteiger partial charge in [-0.3, -0.25) is 4.99 Å². The van der Waals surface area contributed by atoms with Gasteiger partial charge in [-0.15, -0.1) is 0 Å². The van der Waals surface area contributed by atoms with Crippen LogP contribution < -0.4 is 29.6 Å². The van der Waals surface area contributed by atoms with Crippen LogP contribution in [0.5, 0.6) is 23.0 Å². The number of nitrogens with zero attached hydrogens (tertiary/aromatic N) is 2. The Labute approximate surface area is 185 Å². The lowest BCUT2D eigenvalue weighted by atomic mass is 10.1. The number of anilines is 1. The van der Waals surface area contributed by atoms with Gasteiger partial charge in [-0.2, -0.15) is 0 Å². The van der Waals surface area contributed by atoms with Crippen LogP contribution in [-0.2, 0) is 0 Å². The third kappa shape index (κ3) is 6.42. The number of ether oxygens (including phenoxy) is 4. The van der Waals surface area contributed by atoms with Crippen molar-refractivity contribution in [1.29, 1.82) is 0 Å². The number of guanidine groups is 1. The summed E-state index contributed by atoms with van der Waals surface area (Å²) in [7, 11) is 10.7. The van der Waals surface area contributed by atoms with Crippen LogP contribution in [0.15, 0.2) is 41.4 Å². The fourth-order valence-corrected chi connectivity index (χ4v) is 3.19. The zero-order chi connectivity index (χ0) is 22.8. The van der Waals surface area contributed by atoms with Crippen LogP contribution in [0.3, 0.4) is 0 Å². The number of benzene rings is 2. The summed E-state index contributed by atoms with van der Waals surface area (Å²) in [5.41, 5.74) is 1.95. The normalized spacial score (nSPS) is 12.3. The van der Waals surface area contributed by atoms with Gasteiger partial charge in [-0.25, -0.2) is 0 Å². The summed E-state index contributed by atoms with van der Waals surface area (Å²) in [5, 5.41) is 6.69. The van der Waals surface area contributed by atoms with E-state index in [0.717, 1.165) is 11.3 Å². The molecule has 2 rings (SSSR count). The highest BCUT2D eigenvalue weighted by Gasteiger charge is 2.17. The van der Waals surface area contributed by atoms with Gasteiger partial charge < -0.3 is 34.5 Å². The molecule has 0 aliphatic carbocycles. The summed E-state index contributed by atoms with van der Waals surface area (Å²) in [6.45, 7) is 3.15. The summed E-state index contributed by atoms with van der Waals surface area (Å²) in [6, 6.07) is 11.7. The molecule has 1 atom stereocenters. The molecule has 1 unspecified atom stereocenters. The maximum absolute atomic E-state index is 5.58. The molecule has 2 aromatic carbocycles. The molecule has 8 nitrogen and oxygen atoms in total. The van der Waals surface area contributed by atoms with Crippen LogP contribution in [0.1, 0.15) is 18.5 Å². The molecule has 0 aliphatic heterocycles. The second kappa shape index (κ2) is 11.9. The van der Waals surface area contributed by atoms with E-state index in [-0.39, 0.29) is 6.04 Å². The topological polar surface area (TPSA) is 76.6 Å². The largest absolute Gasteiger partial charge is 0.493 e. The second-order valence-corrected chi connectivity index (χ2v) is 6.97. The predicted molar refractivity (Wildman–Crippen MR) is 125 cm³/mol. The van der Waals surface area contributed by atoms with Gasteiger partial charge in [0.05, 0.1) is 34.0 Å². The number of aliphatic imine (C=N–C) groups is 1. The third-order valence-corrected chi connectivity index (χ3v) is 4.83. The predicted octanol–water partition coefficient (Wildman–Crippen LogP) is 3.40. The summed E-state index contributed by atoms with van der Waals surface area (Å²) >= 11 is 0. The first-order valence-electron chi connectivity index (χ1n) is 10.1. The Morgan fingerprint density at radius 3 is 2.16 bits per heavy atom. The molecule has 0 fully saturated rings. The van der Waals surface area contributed by atoms with Crippen molar-refractivity contribution in [1.82, 2.24) is 10.2 Å². The molecule has 0 saturated carbocycles. The van der Waals surface area contributed by atoms with Crippen molar-refractivity contribution in [3.05, 3.63) is 42.0 Å². The van der Waals surface area contributed by atoms with E-state index in [0.29, 0.717) is 42.1 Å². The molecular weight excluding hydrogens is 396 g/mol. The minimum Gasteiger partial charge on any atom is -0.493 e. The van der Waals surface area contributed by atoms with Gasteiger partial charge in [0.15, 0.2) is 29.0 Å². The van der Waals surface area contributed by atoms with Crippen molar-refractivity contribution in [2.45, 2.75) is 13.0 Å². The molecule has 0 heterocycles. The average Bonchev–Trinajstić information content (AvgIpc) is 2.78. The van der Waals surface area contributed by atoms with Crippen LogP contribution in [-0.4, -0.2) is 66.5 Å². The van der Waals surface area contributed by atoms with E-state index in [1.54, 1.807) is 28.4 Å². The molecular formula is C23H34N4O4. The number of likely N-dealkylation sites (N-methyl/N-ethyl adjacent to an activating group) is 1. The minimum atomic E-state index is 0.0909. The molecule has 31 heavy (non-hydrogen) atoms. The molecule has 0 radical (unpaired) electrons. The van der Waals surface area contributed by atoms with Gasteiger partial charge in [0.1, 0.15) is 0 Å². The SMILES string of the molecule is CCOc1ccc(NC(=NC)NCC(c2ccc(OC)c(OC)c2)N(C)C)cc1OC. The fraction of sp³-hybridized carbons (Fsp3) is 0.435. The van der Waals surface area contributed by atoms with Gasteiger partial charge in [0, 0.05) is 25.3 Å². The van der Waals surface area contributed by atoms with E-state index in [4.69, 9.17) is 18.9 Å². The maximum atomic E-state index is 5.58. The van der Waals surface area contributed by atoms with Crippen molar-refractivity contribution in [2.24, 2.45) is 4.99 Å². The molecule has 170 valence electrons. The Morgan fingerprint density at radius 1 is 0.935 bits per heavy atom.